The molecule has 0 fully saturated rings. The summed E-state index contributed by atoms with van der Waals surface area (Å²) in [5, 5.41) is 11.8. The van der Waals surface area contributed by atoms with E-state index in [2.05, 4.69) is 10.0 Å². The van der Waals surface area contributed by atoms with E-state index in [4.69, 9.17) is 0 Å². The van der Waals surface area contributed by atoms with Gasteiger partial charge in [0.05, 0.1) is 4.90 Å². The summed E-state index contributed by atoms with van der Waals surface area (Å²) in [6.45, 7) is 8.94. The average Bonchev–Trinajstić information content (AvgIpc) is 2.75. The van der Waals surface area contributed by atoms with Crippen LogP contribution in [-0.2, 0) is 14.8 Å². The van der Waals surface area contributed by atoms with Crippen molar-refractivity contribution in [3.05, 3.63) is 82.9 Å². The quantitative estimate of drug-likeness (QED) is 0.412. The largest absolute Gasteiger partial charge is 0.480 e. The molecular formula is C27H30N2O5S. The molecule has 3 aromatic carbocycles. The molecule has 0 aliphatic heterocycles. The zero-order chi connectivity index (χ0) is 25.9. The lowest BCUT2D eigenvalue weighted by molar-refractivity contribution is -0.140. The van der Waals surface area contributed by atoms with E-state index in [9.17, 15) is 23.1 Å². The molecule has 184 valence electrons. The summed E-state index contributed by atoms with van der Waals surface area (Å²) in [6, 6.07) is 16.4. The minimum atomic E-state index is -3.78. The summed E-state index contributed by atoms with van der Waals surface area (Å²) >= 11 is 0. The lowest BCUT2D eigenvalue weighted by Crippen LogP contribution is -2.44. The fourth-order valence-electron chi connectivity index (χ4n) is 4.11. The van der Waals surface area contributed by atoms with E-state index in [0.717, 1.165) is 16.7 Å². The van der Waals surface area contributed by atoms with Gasteiger partial charge in [-0.1, -0.05) is 55.8 Å². The lowest BCUT2D eigenvalue weighted by atomic mass is 10.0. The van der Waals surface area contributed by atoms with Crippen molar-refractivity contribution in [1.82, 2.24) is 5.32 Å². The van der Waals surface area contributed by atoms with Crippen LogP contribution in [0.15, 0.2) is 65.6 Å². The number of benzene rings is 3. The summed E-state index contributed by atoms with van der Waals surface area (Å²) in [5.41, 5.74) is 4.67. The predicted octanol–water partition coefficient (Wildman–Crippen LogP) is 4.92. The van der Waals surface area contributed by atoms with E-state index >= 15 is 0 Å². The number of nitrogens with one attached hydrogen (secondary N) is 2. The summed E-state index contributed by atoms with van der Waals surface area (Å²) in [6.07, 6.45) is 0. The highest BCUT2D eigenvalue weighted by Crippen LogP contribution is 2.27. The Hall–Kier alpha value is -3.65. The highest BCUT2D eigenvalue weighted by atomic mass is 32.2. The van der Waals surface area contributed by atoms with Gasteiger partial charge in [0, 0.05) is 11.3 Å². The molecule has 0 saturated carbocycles. The van der Waals surface area contributed by atoms with E-state index < -0.39 is 27.9 Å². The van der Waals surface area contributed by atoms with Crippen LogP contribution in [0.5, 0.6) is 0 Å². The van der Waals surface area contributed by atoms with Gasteiger partial charge in [-0.2, -0.15) is 0 Å². The smallest absolute Gasteiger partial charge is 0.326 e. The van der Waals surface area contributed by atoms with Gasteiger partial charge < -0.3 is 10.4 Å². The average molecular weight is 495 g/mol. The minimum absolute atomic E-state index is 0.255. The first-order valence-electron chi connectivity index (χ1n) is 11.2. The molecule has 0 bridgehead atoms. The fraction of sp³-hybridized carbons (Fsp3) is 0.259. The Bertz CT molecular complexity index is 1340. The molecule has 0 spiro atoms. The molecule has 0 heterocycles. The Morgan fingerprint density at radius 1 is 0.857 bits per heavy atom. The van der Waals surface area contributed by atoms with Gasteiger partial charge in [-0.3, -0.25) is 9.52 Å². The molecule has 3 aromatic rings. The normalized spacial score (nSPS) is 12.3. The second-order valence-electron chi connectivity index (χ2n) is 9.02. The van der Waals surface area contributed by atoms with E-state index in [1.165, 1.54) is 0 Å². The van der Waals surface area contributed by atoms with Crippen LogP contribution in [0, 0.1) is 26.7 Å². The van der Waals surface area contributed by atoms with Crippen LogP contribution in [0.25, 0.3) is 11.1 Å². The van der Waals surface area contributed by atoms with E-state index in [0.29, 0.717) is 22.4 Å². The topological polar surface area (TPSA) is 113 Å². The number of aliphatic carboxylic acids is 1. The van der Waals surface area contributed by atoms with Crippen molar-refractivity contribution >= 4 is 27.6 Å². The van der Waals surface area contributed by atoms with Crippen LogP contribution in [0.4, 0.5) is 5.69 Å². The summed E-state index contributed by atoms with van der Waals surface area (Å²) in [4.78, 5) is 24.1. The molecule has 8 heteroatoms. The highest BCUT2D eigenvalue weighted by Gasteiger charge is 2.24. The maximum atomic E-state index is 13.1. The zero-order valence-corrected chi connectivity index (χ0v) is 21.2. The maximum Gasteiger partial charge on any atom is 0.326 e. The number of rotatable bonds is 8. The molecule has 0 radical (unpaired) electrons. The Balaban J connectivity index is 1.82. The number of anilines is 1. The van der Waals surface area contributed by atoms with Gasteiger partial charge in [0.2, 0.25) is 0 Å². The monoisotopic (exact) mass is 494 g/mol. The molecule has 0 aliphatic carbocycles. The second kappa shape index (κ2) is 10.3. The van der Waals surface area contributed by atoms with Crippen molar-refractivity contribution in [2.45, 2.75) is 45.6 Å². The lowest BCUT2D eigenvalue weighted by Gasteiger charge is -2.18. The molecule has 35 heavy (non-hydrogen) atoms. The number of carbonyl (C=O) groups excluding carboxylic acids is 1. The number of hydrogen-bond acceptors (Lipinski definition) is 4. The molecule has 0 saturated heterocycles. The zero-order valence-electron chi connectivity index (χ0n) is 20.4. The number of amides is 1. The minimum Gasteiger partial charge on any atom is -0.480 e. The van der Waals surface area contributed by atoms with Gasteiger partial charge in [0.25, 0.3) is 15.9 Å². The van der Waals surface area contributed by atoms with Crippen molar-refractivity contribution in [1.29, 1.82) is 0 Å². The van der Waals surface area contributed by atoms with Gasteiger partial charge in [-0.05, 0) is 73.2 Å². The third kappa shape index (κ3) is 6.08. The van der Waals surface area contributed by atoms with Crippen LogP contribution in [0.2, 0.25) is 0 Å². The van der Waals surface area contributed by atoms with Crippen molar-refractivity contribution < 1.29 is 23.1 Å². The molecule has 3 rings (SSSR count). The third-order valence-corrected chi connectivity index (χ3v) is 7.37. The third-order valence-electron chi connectivity index (χ3n) is 5.69. The van der Waals surface area contributed by atoms with Crippen molar-refractivity contribution in [2.24, 2.45) is 5.92 Å². The van der Waals surface area contributed by atoms with Gasteiger partial charge in [-0.15, -0.1) is 0 Å². The number of carbonyl (C=O) groups is 2. The van der Waals surface area contributed by atoms with Crippen molar-refractivity contribution in [3.8, 4) is 11.1 Å². The SMILES string of the molecule is Cc1cc(C)c(S(=O)(=O)Nc2cccc(-c3ccc(C(=O)NC(C(=O)O)C(C)C)cc3)c2)c(C)c1. The van der Waals surface area contributed by atoms with Crippen LogP contribution < -0.4 is 10.0 Å². The summed E-state index contributed by atoms with van der Waals surface area (Å²) in [7, 11) is -3.78. The van der Waals surface area contributed by atoms with Crippen LogP contribution >= 0.6 is 0 Å². The highest BCUT2D eigenvalue weighted by molar-refractivity contribution is 7.92. The maximum absolute atomic E-state index is 13.1. The number of carboxylic acids is 1. The molecule has 0 aliphatic rings. The van der Waals surface area contributed by atoms with Gasteiger partial charge in [0.15, 0.2) is 0 Å². The number of carboxylic acid groups (broad SMARTS) is 1. The predicted molar refractivity (Wildman–Crippen MR) is 137 cm³/mol. The summed E-state index contributed by atoms with van der Waals surface area (Å²) < 4.78 is 28.9. The first kappa shape index (κ1) is 26.0. The van der Waals surface area contributed by atoms with E-state index in [1.807, 2.05) is 25.1 Å². The van der Waals surface area contributed by atoms with Crippen molar-refractivity contribution in [2.75, 3.05) is 4.72 Å². The van der Waals surface area contributed by atoms with Gasteiger partial charge in [-0.25, -0.2) is 13.2 Å². The van der Waals surface area contributed by atoms with Crippen molar-refractivity contribution in [3.63, 3.8) is 0 Å². The fourth-order valence-corrected chi connectivity index (χ4v) is 5.62. The van der Waals surface area contributed by atoms with Gasteiger partial charge in [0.1, 0.15) is 6.04 Å². The number of aryl methyl sites for hydroxylation is 3. The molecule has 0 aromatic heterocycles. The Morgan fingerprint density at radius 3 is 2.00 bits per heavy atom. The van der Waals surface area contributed by atoms with Crippen LogP contribution in [0.1, 0.15) is 40.9 Å². The Morgan fingerprint density at radius 2 is 1.46 bits per heavy atom. The van der Waals surface area contributed by atoms with E-state index in [1.54, 1.807) is 70.2 Å². The first-order chi connectivity index (χ1) is 16.4. The molecule has 7 nitrogen and oxygen atoms in total. The molecular weight excluding hydrogens is 464 g/mol. The molecule has 1 amide bonds. The molecule has 1 unspecified atom stereocenters. The first-order valence-corrected chi connectivity index (χ1v) is 12.7. The van der Waals surface area contributed by atoms with Crippen LogP contribution in [0.3, 0.4) is 0 Å². The number of sulfonamides is 1. The molecule has 1 atom stereocenters. The van der Waals surface area contributed by atoms with Gasteiger partial charge >= 0.3 is 5.97 Å². The van der Waals surface area contributed by atoms with Crippen LogP contribution in [-0.4, -0.2) is 31.4 Å². The Kier molecular flexibility index (Phi) is 7.65. The second-order valence-corrected chi connectivity index (χ2v) is 10.6. The Labute approximate surface area is 206 Å². The standard InChI is InChI=1S/C27H30N2O5S/c1-16(2)24(27(31)32)28-26(30)21-11-9-20(10-12-21)22-7-6-8-23(15-22)29-35(33,34)25-18(4)13-17(3)14-19(25)5/h6-16,24,29H,1-5H3,(H,28,30)(H,31,32). The molecule has 3 N–H and O–H groups in total. The number of hydrogen-bond donors (Lipinski definition) is 3. The summed E-state index contributed by atoms with van der Waals surface area (Å²) in [5.74, 6) is -1.81. The van der Waals surface area contributed by atoms with E-state index in [-0.39, 0.29) is 10.8 Å².